The number of rotatable bonds is 5. The van der Waals surface area contributed by atoms with Gasteiger partial charge in [-0.05, 0) is 44.2 Å². The largest absolute Gasteiger partial charge is 0.409 e. The van der Waals surface area contributed by atoms with Crippen LogP contribution in [-0.4, -0.2) is 40.3 Å². The first-order chi connectivity index (χ1) is 9.69. The fourth-order valence-electron chi connectivity index (χ4n) is 2.87. The summed E-state index contributed by atoms with van der Waals surface area (Å²) in [6, 6.07) is 2.22. The van der Waals surface area contributed by atoms with E-state index < -0.39 is 0 Å². The van der Waals surface area contributed by atoms with E-state index in [1.165, 1.54) is 0 Å². The van der Waals surface area contributed by atoms with Crippen molar-refractivity contribution in [2.75, 3.05) is 18.1 Å². The van der Waals surface area contributed by atoms with Gasteiger partial charge in [-0.15, -0.1) is 0 Å². The van der Waals surface area contributed by atoms with Crippen LogP contribution in [0.2, 0.25) is 0 Å². The maximum absolute atomic E-state index is 9.00. The number of oxime groups is 1. The van der Waals surface area contributed by atoms with Gasteiger partial charge < -0.3 is 20.9 Å². The first kappa shape index (κ1) is 14.6. The second-order valence-electron chi connectivity index (χ2n) is 5.17. The smallest absolute Gasteiger partial charge is 0.174 e. The Morgan fingerprint density at radius 1 is 1.60 bits per heavy atom. The van der Waals surface area contributed by atoms with Crippen LogP contribution in [0.25, 0.3) is 0 Å². The summed E-state index contributed by atoms with van der Waals surface area (Å²) < 4.78 is 0. The number of nitrogens with zero attached hydrogens (tertiary/aromatic N) is 3. The van der Waals surface area contributed by atoms with Gasteiger partial charge in [-0.25, -0.2) is 4.98 Å². The number of pyridine rings is 1. The Kier molecular flexibility index (Phi) is 4.79. The lowest BCUT2D eigenvalue weighted by molar-refractivity contribution is 0.279. The van der Waals surface area contributed by atoms with E-state index in [-0.39, 0.29) is 12.4 Å². The third-order valence-electron chi connectivity index (χ3n) is 3.85. The van der Waals surface area contributed by atoms with Crippen LogP contribution in [0.5, 0.6) is 0 Å². The number of aliphatic hydroxyl groups is 1. The van der Waals surface area contributed by atoms with Gasteiger partial charge in [0.15, 0.2) is 5.84 Å². The zero-order chi connectivity index (χ0) is 14.5. The maximum atomic E-state index is 9.00. The van der Waals surface area contributed by atoms with E-state index in [9.17, 15) is 0 Å². The highest BCUT2D eigenvalue weighted by molar-refractivity contribution is 6.02. The van der Waals surface area contributed by atoms with Crippen LogP contribution in [0.4, 0.5) is 5.82 Å². The van der Waals surface area contributed by atoms with E-state index in [0.717, 1.165) is 43.6 Å². The predicted octanol–water partition coefficient (Wildman–Crippen LogP) is 1.23. The quantitative estimate of drug-likeness (QED) is 0.326. The molecule has 2 heterocycles. The minimum Gasteiger partial charge on any atom is -0.409 e. The molecule has 0 aromatic carbocycles. The Morgan fingerprint density at radius 2 is 2.40 bits per heavy atom. The third-order valence-corrected chi connectivity index (χ3v) is 3.85. The molecular formula is C14H22N4O2. The van der Waals surface area contributed by atoms with Gasteiger partial charge >= 0.3 is 0 Å². The highest BCUT2D eigenvalue weighted by Gasteiger charge is 2.28. The Bertz CT molecular complexity index is 490. The summed E-state index contributed by atoms with van der Waals surface area (Å²) in [4.78, 5) is 6.66. The SMILES string of the molecule is Cc1ccnc(N2CCCC2CCCO)c1/C(N)=N/O. The van der Waals surface area contributed by atoms with Crippen molar-refractivity contribution < 1.29 is 10.3 Å². The van der Waals surface area contributed by atoms with Gasteiger partial charge in [0.2, 0.25) is 0 Å². The van der Waals surface area contributed by atoms with Crippen molar-refractivity contribution in [2.45, 2.75) is 38.6 Å². The molecule has 0 bridgehead atoms. The molecule has 0 spiro atoms. The Morgan fingerprint density at radius 3 is 3.10 bits per heavy atom. The summed E-state index contributed by atoms with van der Waals surface area (Å²) in [7, 11) is 0. The minimum atomic E-state index is 0.0957. The van der Waals surface area contributed by atoms with Gasteiger partial charge in [0, 0.05) is 25.4 Å². The molecule has 0 saturated carbocycles. The number of hydrogen-bond donors (Lipinski definition) is 3. The van der Waals surface area contributed by atoms with E-state index >= 15 is 0 Å². The van der Waals surface area contributed by atoms with E-state index in [4.69, 9.17) is 16.0 Å². The minimum absolute atomic E-state index is 0.0957. The standard InChI is InChI=1S/C14H22N4O2/c1-10-6-7-16-14(12(10)13(15)17-20)18-8-2-4-11(18)5-3-9-19/h6-7,11,19-20H,2-5,8-9H2,1H3,(H2,15,17). The summed E-state index contributed by atoms with van der Waals surface area (Å²) >= 11 is 0. The summed E-state index contributed by atoms with van der Waals surface area (Å²) in [6.45, 7) is 3.05. The molecule has 1 aliphatic heterocycles. The van der Waals surface area contributed by atoms with Crippen molar-refractivity contribution in [3.05, 3.63) is 23.4 Å². The molecule has 6 nitrogen and oxygen atoms in total. The van der Waals surface area contributed by atoms with E-state index in [0.29, 0.717) is 11.6 Å². The lowest BCUT2D eigenvalue weighted by atomic mass is 10.1. The fraction of sp³-hybridized carbons (Fsp3) is 0.571. The van der Waals surface area contributed by atoms with Gasteiger partial charge in [0.25, 0.3) is 0 Å². The van der Waals surface area contributed by atoms with Crippen LogP contribution in [-0.2, 0) is 0 Å². The molecule has 1 saturated heterocycles. The van der Waals surface area contributed by atoms with Crippen LogP contribution in [0.1, 0.15) is 36.8 Å². The molecule has 20 heavy (non-hydrogen) atoms. The lowest BCUT2D eigenvalue weighted by Gasteiger charge is -2.28. The second-order valence-corrected chi connectivity index (χ2v) is 5.17. The summed E-state index contributed by atoms with van der Waals surface area (Å²) in [6.07, 6.45) is 5.65. The molecule has 2 rings (SSSR count). The molecule has 1 aromatic rings. The highest BCUT2D eigenvalue weighted by atomic mass is 16.4. The number of aromatic nitrogens is 1. The Labute approximate surface area is 118 Å². The molecule has 0 amide bonds. The highest BCUT2D eigenvalue weighted by Crippen LogP contribution is 2.30. The third kappa shape index (κ3) is 2.85. The molecule has 6 heteroatoms. The lowest BCUT2D eigenvalue weighted by Crippen LogP contribution is -2.33. The maximum Gasteiger partial charge on any atom is 0.174 e. The molecule has 0 aliphatic carbocycles. The number of anilines is 1. The van der Waals surface area contributed by atoms with Gasteiger partial charge in [-0.3, -0.25) is 0 Å². The first-order valence-corrected chi connectivity index (χ1v) is 7.00. The molecule has 1 unspecified atom stereocenters. The van der Waals surface area contributed by atoms with Crippen molar-refractivity contribution in [3.8, 4) is 0 Å². The van der Waals surface area contributed by atoms with Crippen molar-refractivity contribution >= 4 is 11.7 Å². The van der Waals surface area contributed by atoms with Gasteiger partial charge in [-0.1, -0.05) is 5.16 Å². The van der Waals surface area contributed by atoms with Crippen molar-refractivity contribution in [2.24, 2.45) is 10.9 Å². The summed E-state index contributed by atoms with van der Waals surface area (Å²) in [5.41, 5.74) is 7.45. The normalized spacial score (nSPS) is 19.6. The zero-order valence-electron chi connectivity index (χ0n) is 11.8. The van der Waals surface area contributed by atoms with Gasteiger partial charge in [0.05, 0.1) is 5.56 Å². The molecule has 1 fully saturated rings. The molecular weight excluding hydrogens is 256 g/mol. The topological polar surface area (TPSA) is 95.0 Å². The molecule has 1 aliphatic rings. The zero-order valence-corrected chi connectivity index (χ0v) is 11.8. The number of amidine groups is 1. The van der Waals surface area contributed by atoms with Crippen LogP contribution in [0.3, 0.4) is 0 Å². The van der Waals surface area contributed by atoms with Gasteiger partial charge in [-0.2, -0.15) is 0 Å². The van der Waals surface area contributed by atoms with Crippen molar-refractivity contribution in [3.63, 3.8) is 0 Å². The summed E-state index contributed by atoms with van der Waals surface area (Å²) in [5.74, 6) is 0.874. The molecule has 1 aromatic heterocycles. The number of aryl methyl sites for hydroxylation is 1. The predicted molar refractivity (Wildman–Crippen MR) is 78.2 cm³/mol. The molecule has 110 valence electrons. The van der Waals surface area contributed by atoms with Crippen molar-refractivity contribution in [1.29, 1.82) is 0 Å². The van der Waals surface area contributed by atoms with Crippen LogP contribution < -0.4 is 10.6 Å². The van der Waals surface area contributed by atoms with Crippen LogP contribution in [0, 0.1) is 6.92 Å². The first-order valence-electron chi connectivity index (χ1n) is 7.00. The van der Waals surface area contributed by atoms with Gasteiger partial charge in [0.1, 0.15) is 5.82 Å². The Hall–Kier alpha value is -1.82. The van der Waals surface area contributed by atoms with Crippen molar-refractivity contribution in [1.82, 2.24) is 4.98 Å². The Balaban J connectivity index is 2.34. The monoisotopic (exact) mass is 278 g/mol. The molecule has 1 atom stereocenters. The van der Waals surface area contributed by atoms with E-state index in [2.05, 4.69) is 15.0 Å². The van der Waals surface area contributed by atoms with Crippen LogP contribution in [0.15, 0.2) is 17.4 Å². The van der Waals surface area contributed by atoms with Crippen LogP contribution >= 0.6 is 0 Å². The number of nitrogens with two attached hydrogens (primary N) is 1. The average Bonchev–Trinajstić information content (AvgIpc) is 2.92. The number of hydrogen-bond acceptors (Lipinski definition) is 5. The average molecular weight is 278 g/mol. The molecule has 4 N–H and O–H groups in total. The number of aliphatic hydroxyl groups excluding tert-OH is 1. The second kappa shape index (κ2) is 6.56. The van der Waals surface area contributed by atoms with E-state index in [1.807, 2.05) is 13.0 Å². The van der Waals surface area contributed by atoms with E-state index in [1.54, 1.807) is 6.20 Å². The fourth-order valence-corrected chi connectivity index (χ4v) is 2.87. The summed E-state index contributed by atoms with van der Waals surface area (Å²) in [5, 5.41) is 21.1. The molecule has 0 radical (unpaired) electrons.